The molecule has 6 heteroatoms. The minimum absolute atomic E-state index is 0.0822. The smallest absolute Gasteiger partial charge is 0.312 e. The second kappa shape index (κ2) is 8.10. The molecule has 126 valence electrons. The number of hydrogen-bond acceptors (Lipinski definition) is 4. The number of hydrogen-bond donors (Lipinski definition) is 2. The lowest BCUT2D eigenvalue weighted by atomic mass is 9.95. The Bertz CT molecular complexity index is 728. The normalized spacial score (nSPS) is 12.7. The zero-order valence-electron chi connectivity index (χ0n) is 13.1. The molecule has 0 aliphatic rings. The van der Waals surface area contributed by atoms with Crippen molar-refractivity contribution in [3.05, 3.63) is 65.5 Å². The Kier molecular flexibility index (Phi) is 5.89. The highest BCUT2D eigenvalue weighted by atomic mass is 19.1. The van der Waals surface area contributed by atoms with Crippen LogP contribution >= 0.6 is 0 Å². The average Bonchev–Trinajstić information content (AvgIpc) is 2.54. The minimum Gasteiger partial charge on any atom is -0.508 e. The molecule has 0 aliphatic heterocycles. The number of carbonyl (C=O) groups is 1. The van der Waals surface area contributed by atoms with Gasteiger partial charge in [0.15, 0.2) is 0 Å². The van der Waals surface area contributed by atoms with Gasteiger partial charge in [0.05, 0.1) is 5.71 Å². The number of nitrogens with zero attached hydrogens (tertiary/aromatic N) is 1. The second-order valence-electron chi connectivity index (χ2n) is 5.40. The summed E-state index contributed by atoms with van der Waals surface area (Å²) in [7, 11) is 0. The number of carboxylic acids is 1. The first kappa shape index (κ1) is 17.5. The molecule has 1 unspecified atom stereocenters. The van der Waals surface area contributed by atoms with Crippen LogP contribution in [0.5, 0.6) is 5.75 Å². The third-order valence-electron chi connectivity index (χ3n) is 3.51. The van der Waals surface area contributed by atoms with Gasteiger partial charge in [0.2, 0.25) is 0 Å². The van der Waals surface area contributed by atoms with Crippen LogP contribution in [0, 0.1) is 11.7 Å². The molecular formula is C18H18FNO4. The van der Waals surface area contributed by atoms with Gasteiger partial charge >= 0.3 is 5.97 Å². The molecule has 0 bridgehead atoms. The fourth-order valence-electron chi connectivity index (χ4n) is 2.19. The van der Waals surface area contributed by atoms with E-state index in [-0.39, 0.29) is 24.6 Å². The highest BCUT2D eigenvalue weighted by molar-refractivity contribution is 6.00. The van der Waals surface area contributed by atoms with Crippen LogP contribution in [-0.4, -0.2) is 21.9 Å². The van der Waals surface area contributed by atoms with E-state index in [4.69, 9.17) is 4.84 Å². The number of benzene rings is 2. The molecule has 0 spiro atoms. The van der Waals surface area contributed by atoms with Gasteiger partial charge in [-0.2, -0.15) is 0 Å². The molecule has 2 rings (SSSR count). The summed E-state index contributed by atoms with van der Waals surface area (Å²) in [5.41, 5.74) is 1.73. The monoisotopic (exact) mass is 331 g/mol. The number of oxime groups is 1. The summed E-state index contributed by atoms with van der Waals surface area (Å²) in [6.45, 7) is 1.70. The molecule has 0 saturated heterocycles. The van der Waals surface area contributed by atoms with Gasteiger partial charge in [-0.3, -0.25) is 4.79 Å². The lowest BCUT2D eigenvalue weighted by Gasteiger charge is -2.12. The molecule has 2 N–H and O–H groups in total. The number of rotatable bonds is 7. The lowest BCUT2D eigenvalue weighted by Crippen LogP contribution is -2.24. The quantitative estimate of drug-likeness (QED) is 0.602. The first-order chi connectivity index (χ1) is 11.5. The van der Waals surface area contributed by atoms with Gasteiger partial charge in [0.25, 0.3) is 0 Å². The fourth-order valence-corrected chi connectivity index (χ4v) is 2.19. The summed E-state index contributed by atoms with van der Waals surface area (Å²) in [6, 6.07) is 12.2. The van der Waals surface area contributed by atoms with Gasteiger partial charge in [-0.1, -0.05) is 29.4 Å². The van der Waals surface area contributed by atoms with Crippen LogP contribution in [0.2, 0.25) is 0 Å². The Hall–Kier alpha value is -2.89. The van der Waals surface area contributed by atoms with Crippen LogP contribution < -0.4 is 0 Å². The number of phenolic OH excluding ortho intramolecular Hbond substituents is 1. The van der Waals surface area contributed by atoms with Crippen molar-refractivity contribution in [3.8, 4) is 5.75 Å². The summed E-state index contributed by atoms with van der Waals surface area (Å²) >= 11 is 0. The Morgan fingerprint density at radius 3 is 2.54 bits per heavy atom. The third kappa shape index (κ3) is 5.08. The minimum atomic E-state index is -1.02. The zero-order valence-corrected chi connectivity index (χ0v) is 13.1. The van der Waals surface area contributed by atoms with Crippen molar-refractivity contribution >= 4 is 11.7 Å². The molecule has 0 aliphatic carbocycles. The van der Waals surface area contributed by atoms with Crippen molar-refractivity contribution in [2.24, 2.45) is 11.1 Å². The first-order valence-corrected chi connectivity index (χ1v) is 7.37. The van der Waals surface area contributed by atoms with Crippen molar-refractivity contribution in [3.63, 3.8) is 0 Å². The number of carboxylic acid groups (broad SMARTS) is 1. The number of halogens is 1. The average molecular weight is 331 g/mol. The summed E-state index contributed by atoms with van der Waals surface area (Å²) in [5, 5.41) is 22.7. The molecule has 5 nitrogen and oxygen atoms in total. The molecule has 0 radical (unpaired) electrons. The first-order valence-electron chi connectivity index (χ1n) is 7.37. The Morgan fingerprint density at radius 1 is 1.21 bits per heavy atom. The maximum atomic E-state index is 12.8. The van der Waals surface area contributed by atoms with Crippen LogP contribution in [0.3, 0.4) is 0 Å². The van der Waals surface area contributed by atoms with Crippen LogP contribution in [0.15, 0.2) is 53.7 Å². The van der Waals surface area contributed by atoms with Crippen molar-refractivity contribution < 1.29 is 24.2 Å². The summed E-state index contributed by atoms with van der Waals surface area (Å²) in [6.07, 6.45) is 0.193. The molecule has 0 fully saturated rings. The van der Waals surface area contributed by atoms with Crippen LogP contribution in [0.4, 0.5) is 4.39 Å². The Balaban J connectivity index is 2.01. The van der Waals surface area contributed by atoms with E-state index in [1.54, 1.807) is 31.2 Å². The van der Waals surface area contributed by atoms with Crippen molar-refractivity contribution in [1.29, 1.82) is 0 Å². The predicted molar refractivity (Wildman–Crippen MR) is 87.2 cm³/mol. The number of aliphatic carboxylic acids is 1. The van der Waals surface area contributed by atoms with Gasteiger partial charge in [-0.05, 0) is 48.7 Å². The van der Waals surface area contributed by atoms with Gasteiger partial charge in [-0.25, -0.2) is 4.39 Å². The molecule has 1 atom stereocenters. The third-order valence-corrected chi connectivity index (χ3v) is 3.51. The topological polar surface area (TPSA) is 79.1 Å². The molecule has 2 aromatic carbocycles. The van der Waals surface area contributed by atoms with Gasteiger partial charge < -0.3 is 15.1 Å². The van der Waals surface area contributed by atoms with Crippen LogP contribution in [0.1, 0.15) is 18.1 Å². The molecule has 0 saturated carbocycles. The fraction of sp³-hybridized carbons (Fsp3) is 0.222. The van der Waals surface area contributed by atoms with E-state index in [9.17, 15) is 19.4 Å². The standard InChI is InChI=1S/C18H18FNO4/c1-12(20-24-11-13-5-7-15(19)8-6-13)17(18(22)23)10-14-3-2-4-16(21)9-14/h2-9,17,21H,10-11H2,1H3,(H,22,23)/b20-12+. The zero-order chi connectivity index (χ0) is 17.5. The molecule has 2 aromatic rings. The Morgan fingerprint density at radius 2 is 1.92 bits per heavy atom. The maximum Gasteiger partial charge on any atom is 0.312 e. The van der Waals surface area contributed by atoms with E-state index in [0.717, 1.165) is 5.56 Å². The molecule has 0 amide bonds. The van der Waals surface area contributed by atoms with E-state index in [2.05, 4.69) is 5.16 Å². The van der Waals surface area contributed by atoms with Crippen LogP contribution in [-0.2, 0) is 22.7 Å². The number of aromatic hydroxyl groups is 1. The Labute approximate surface area is 139 Å². The van der Waals surface area contributed by atoms with Gasteiger partial charge in [0, 0.05) is 0 Å². The highest BCUT2D eigenvalue weighted by Gasteiger charge is 2.22. The van der Waals surface area contributed by atoms with Gasteiger partial charge in [0.1, 0.15) is 24.1 Å². The molecular weight excluding hydrogens is 313 g/mol. The summed E-state index contributed by atoms with van der Waals surface area (Å²) < 4.78 is 12.8. The SMILES string of the molecule is C/C(=N\OCc1ccc(F)cc1)C(Cc1cccc(O)c1)C(=O)O. The van der Waals surface area contributed by atoms with E-state index in [0.29, 0.717) is 11.3 Å². The molecule has 0 aromatic heterocycles. The van der Waals surface area contributed by atoms with Crippen LogP contribution in [0.25, 0.3) is 0 Å². The van der Waals surface area contributed by atoms with Crippen molar-refractivity contribution in [2.75, 3.05) is 0 Å². The van der Waals surface area contributed by atoms with Crippen molar-refractivity contribution in [1.82, 2.24) is 0 Å². The second-order valence-corrected chi connectivity index (χ2v) is 5.40. The van der Waals surface area contributed by atoms with E-state index < -0.39 is 11.9 Å². The predicted octanol–water partition coefficient (Wildman–Crippen LogP) is 3.37. The maximum absolute atomic E-state index is 12.8. The number of phenols is 1. The summed E-state index contributed by atoms with van der Waals surface area (Å²) in [4.78, 5) is 16.6. The largest absolute Gasteiger partial charge is 0.508 e. The van der Waals surface area contributed by atoms with E-state index in [1.807, 2.05) is 0 Å². The summed E-state index contributed by atoms with van der Waals surface area (Å²) in [5.74, 6) is -2.14. The van der Waals surface area contributed by atoms with E-state index >= 15 is 0 Å². The van der Waals surface area contributed by atoms with Gasteiger partial charge in [-0.15, -0.1) is 0 Å². The highest BCUT2D eigenvalue weighted by Crippen LogP contribution is 2.16. The van der Waals surface area contributed by atoms with E-state index in [1.165, 1.54) is 24.3 Å². The molecule has 24 heavy (non-hydrogen) atoms. The molecule has 0 heterocycles. The lowest BCUT2D eigenvalue weighted by molar-refractivity contribution is -0.139. The van der Waals surface area contributed by atoms with Crippen molar-refractivity contribution in [2.45, 2.75) is 20.0 Å².